The Hall–Kier alpha value is -2.27. The quantitative estimate of drug-likeness (QED) is 0.694. The van der Waals surface area contributed by atoms with E-state index in [0.717, 1.165) is 0 Å². The Kier molecular flexibility index (Phi) is 4.65. The molecule has 0 saturated carbocycles. The van der Waals surface area contributed by atoms with Crippen LogP contribution >= 0.6 is 11.6 Å². The summed E-state index contributed by atoms with van der Waals surface area (Å²) in [5.74, 6) is -0.936. The third-order valence-corrected chi connectivity index (χ3v) is 3.13. The average molecular weight is 310 g/mol. The minimum atomic E-state index is -0.633. The molecular weight excluding hydrogens is 297 g/mol. The van der Waals surface area contributed by atoms with E-state index >= 15 is 0 Å². The number of hydrogen-bond acceptors (Lipinski definition) is 4. The van der Waals surface area contributed by atoms with Crippen LogP contribution in [0.25, 0.3) is 0 Å². The van der Waals surface area contributed by atoms with Crippen molar-refractivity contribution >= 4 is 23.3 Å². The number of halogens is 2. The van der Waals surface area contributed by atoms with Gasteiger partial charge in [0.05, 0.1) is 12.1 Å². The maximum atomic E-state index is 13.7. The van der Waals surface area contributed by atoms with Gasteiger partial charge in [-0.15, -0.1) is 0 Å². The van der Waals surface area contributed by atoms with Gasteiger partial charge in [-0.25, -0.2) is 9.18 Å². The van der Waals surface area contributed by atoms with Gasteiger partial charge in [0.2, 0.25) is 0 Å². The summed E-state index contributed by atoms with van der Waals surface area (Å²) in [7, 11) is 1.42. The predicted molar refractivity (Wildman–Crippen MR) is 77.9 cm³/mol. The molecule has 110 valence electrons. The van der Waals surface area contributed by atoms with Crippen LogP contribution in [0.4, 0.5) is 10.1 Å². The summed E-state index contributed by atoms with van der Waals surface area (Å²) in [4.78, 5) is 12.0. The Balaban J connectivity index is 2.14. The smallest absolute Gasteiger partial charge is 0.342 e. The normalized spacial score (nSPS) is 10.2. The van der Waals surface area contributed by atoms with E-state index in [-0.39, 0.29) is 22.8 Å². The van der Waals surface area contributed by atoms with Gasteiger partial charge >= 0.3 is 5.97 Å². The van der Waals surface area contributed by atoms with Crippen molar-refractivity contribution in [1.82, 2.24) is 0 Å². The maximum Gasteiger partial charge on any atom is 0.342 e. The summed E-state index contributed by atoms with van der Waals surface area (Å²) in [6.07, 6.45) is 0. The van der Waals surface area contributed by atoms with Crippen molar-refractivity contribution in [3.8, 4) is 5.75 Å². The molecule has 4 nitrogen and oxygen atoms in total. The highest BCUT2D eigenvalue weighted by molar-refractivity contribution is 6.30. The minimum Gasteiger partial charge on any atom is -0.496 e. The highest BCUT2D eigenvalue weighted by Crippen LogP contribution is 2.23. The lowest BCUT2D eigenvalue weighted by Gasteiger charge is -2.10. The van der Waals surface area contributed by atoms with Crippen molar-refractivity contribution in [3.63, 3.8) is 0 Å². The number of methoxy groups -OCH3 is 1. The van der Waals surface area contributed by atoms with Gasteiger partial charge in [-0.2, -0.15) is 0 Å². The lowest BCUT2D eigenvalue weighted by atomic mass is 10.2. The summed E-state index contributed by atoms with van der Waals surface area (Å²) in [6.45, 7) is -0.223. The molecule has 0 aliphatic carbocycles. The van der Waals surface area contributed by atoms with Crippen LogP contribution in [0.3, 0.4) is 0 Å². The molecule has 0 atom stereocenters. The molecule has 0 fully saturated rings. The fourth-order valence-corrected chi connectivity index (χ4v) is 1.95. The van der Waals surface area contributed by atoms with E-state index < -0.39 is 11.8 Å². The Morgan fingerprint density at radius 1 is 1.33 bits per heavy atom. The lowest BCUT2D eigenvalue weighted by Crippen LogP contribution is -2.08. The number of anilines is 1. The van der Waals surface area contributed by atoms with E-state index in [1.54, 1.807) is 12.1 Å². The van der Waals surface area contributed by atoms with Gasteiger partial charge in [0.25, 0.3) is 0 Å². The molecule has 2 N–H and O–H groups in total. The molecular formula is C15H13ClFNO3. The number of carbonyl (C=O) groups is 1. The molecule has 0 unspecified atom stereocenters. The average Bonchev–Trinajstić information content (AvgIpc) is 2.48. The van der Waals surface area contributed by atoms with Crippen molar-refractivity contribution in [1.29, 1.82) is 0 Å². The highest BCUT2D eigenvalue weighted by Gasteiger charge is 2.15. The first-order valence-corrected chi connectivity index (χ1v) is 6.44. The maximum absolute atomic E-state index is 13.7. The second kappa shape index (κ2) is 6.45. The summed E-state index contributed by atoms with van der Waals surface area (Å²) < 4.78 is 23.8. The van der Waals surface area contributed by atoms with Gasteiger partial charge in [0.15, 0.2) is 0 Å². The standard InChI is InChI=1S/C15H13ClFNO3/c1-20-13-7-10(18)5-6-11(13)15(19)21-8-9-3-2-4-12(16)14(9)17/h2-7H,8,18H2,1H3. The van der Waals surface area contributed by atoms with Crippen molar-refractivity contribution in [2.45, 2.75) is 6.61 Å². The van der Waals surface area contributed by atoms with Gasteiger partial charge in [-0.3, -0.25) is 0 Å². The van der Waals surface area contributed by atoms with E-state index in [0.29, 0.717) is 11.4 Å². The van der Waals surface area contributed by atoms with Crippen molar-refractivity contribution in [2.75, 3.05) is 12.8 Å². The van der Waals surface area contributed by atoms with Crippen LogP contribution in [0, 0.1) is 5.82 Å². The molecule has 2 aromatic rings. The molecule has 21 heavy (non-hydrogen) atoms. The number of ether oxygens (including phenoxy) is 2. The van der Waals surface area contributed by atoms with Gasteiger partial charge in [-0.05, 0) is 18.2 Å². The van der Waals surface area contributed by atoms with E-state index in [9.17, 15) is 9.18 Å². The zero-order valence-electron chi connectivity index (χ0n) is 11.2. The Labute approximate surface area is 126 Å². The number of nitrogen functional groups attached to an aromatic ring is 1. The summed E-state index contributed by atoms with van der Waals surface area (Å²) in [5.41, 5.74) is 6.49. The molecule has 0 heterocycles. The fourth-order valence-electron chi connectivity index (χ4n) is 1.76. The first-order valence-electron chi connectivity index (χ1n) is 6.06. The van der Waals surface area contributed by atoms with Gasteiger partial charge in [0.1, 0.15) is 23.7 Å². The Bertz CT molecular complexity index is 676. The summed E-state index contributed by atoms with van der Waals surface area (Å²) in [5, 5.41) is -0.0198. The molecule has 0 aliphatic rings. The van der Waals surface area contributed by atoms with E-state index in [1.165, 1.54) is 31.4 Å². The van der Waals surface area contributed by atoms with E-state index in [1.807, 2.05) is 0 Å². The number of esters is 1. The van der Waals surface area contributed by atoms with Crippen LogP contribution in [-0.2, 0) is 11.3 Å². The second-order valence-corrected chi connectivity index (χ2v) is 4.66. The fraction of sp³-hybridized carbons (Fsp3) is 0.133. The molecule has 0 aromatic heterocycles. The Morgan fingerprint density at radius 2 is 2.10 bits per heavy atom. The molecule has 2 rings (SSSR count). The van der Waals surface area contributed by atoms with Gasteiger partial charge in [-0.1, -0.05) is 23.7 Å². The van der Waals surface area contributed by atoms with Crippen molar-refractivity contribution in [2.24, 2.45) is 0 Å². The number of rotatable bonds is 4. The molecule has 6 heteroatoms. The van der Waals surface area contributed by atoms with Crippen LogP contribution < -0.4 is 10.5 Å². The lowest BCUT2D eigenvalue weighted by molar-refractivity contribution is 0.0465. The molecule has 0 bridgehead atoms. The summed E-state index contributed by atoms with van der Waals surface area (Å²) >= 11 is 5.66. The number of nitrogens with two attached hydrogens (primary N) is 1. The van der Waals surface area contributed by atoms with Gasteiger partial charge < -0.3 is 15.2 Å². The molecule has 0 saturated heterocycles. The zero-order valence-corrected chi connectivity index (χ0v) is 12.0. The van der Waals surface area contributed by atoms with Crippen LogP contribution in [0.15, 0.2) is 36.4 Å². The number of hydrogen-bond donors (Lipinski definition) is 1. The van der Waals surface area contributed by atoms with Crippen molar-refractivity contribution in [3.05, 3.63) is 58.4 Å². The minimum absolute atomic E-state index is 0.0198. The van der Waals surface area contributed by atoms with Crippen LogP contribution in [0.2, 0.25) is 5.02 Å². The van der Waals surface area contributed by atoms with Crippen LogP contribution in [-0.4, -0.2) is 13.1 Å². The van der Waals surface area contributed by atoms with Gasteiger partial charge in [0, 0.05) is 17.3 Å². The Morgan fingerprint density at radius 3 is 2.81 bits per heavy atom. The SMILES string of the molecule is COc1cc(N)ccc1C(=O)OCc1cccc(Cl)c1F. The summed E-state index contributed by atoms with van der Waals surface area (Å²) in [6, 6.07) is 9.05. The monoisotopic (exact) mass is 309 g/mol. The topological polar surface area (TPSA) is 61.5 Å². The zero-order chi connectivity index (χ0) is 15.4. The van der Waals surface area contributed by atoms with Crippen molar-refractivity contribution < 1.29 is 18.7 Å². The third-order valence-electron chi connectivity index (χ3n) is 2.84. The molecule has 0 spiro atoms. The van der Waals surface area contributed by atoms with E-state index in [2.05, 4.69) is 0 Å². The molecule has 0 amide bonds. The molecule has 2 aromatic carbocycles. The number of benzene rings is 2. The van der Waals surface area contributed by atoms with Crippen LogP contribution in [0.1, 0.15) is 15.9 Å². The largest absolute Gasteiger partial charge is 0.496 e. The first kappa shape index (κ1) is 15.1. The number of carbonyl (C=O) groups excluding carboxylic acids is 1. The molecule has 0 aliphatic heterocycles. The molecule has 0 radical (unpaired) electrons. The van der Waals surface area contributed by atoms with E-state index in [4.69, 9.17) is 26.8 Å². The third kappa shape index (κ3) is 3.44. The predicted octanol–water partition coefficient (Wildman–Crippen LogP) is 3.43. The highest BCUT2D eigenvalue weighted by atomic mass is 35.5. The second-order valence-electron chi connectivity index (χ2n) is 4.25. The first-order chi connectivity index (χ1) is 10.0. The van der Waals surface area contributed by atoms with Crippen LogP contribution in [0.5, 0.6) is 5.75 Å².